The van der Waals surface area contributed by atoms with Crippen LogP contribution in [0.1, 0.15) is 21.3 Å². The number of nitro benzene ring substituents is 1. The van der Waals surface area contributed by atoms with E-state index in [1.807, 2.05) is 32.0 Å². The predicted octanol–water partition coefficient (Wildman–Crippen LogP) is 4.93. The lowest BCUT2D eigenvalue weighted by molar-refractivity contribution is -0.384. The van der Waals surface area contributed by atoms with Crippen molar-refractivity contribution in [1.29, 1.82) is 0 Å². The molecule has 0 amide bonds. The lowest BCUT2D eigenvalue weighted by Crippen LogP contribution is -1.88. The molecular weight excluding hydrogens is 282 g/mol. The van der Waals surface area contributed by atoms with Crippen LogP contribution in [0.5, 0.6) is 11.5 Å². The number of aromatic nitrogens is 2. The summed E-state index contributed by atoms with van der Waals surface area (Å²) in [6, 6.07) is 11.5. The Bertz CT molecular complexity index is 736. The van der Waals surface area contributed by atoms with E-state index in [0.29, 0.717) is 11.5 Å². The molecule has 1 heterocycles. The van der Waals surface area contributed by atoms with E-state index in [1.54, 1.807) is 18.3 Å². The van der Waals surface area contributed by atoms with Gasteiger partial charge in [-0.3, -0.25) is 15.2 Å². The summed E-state index contributed by atoms with van der Waals surface area (Å²) in [5.74, 6) is 1.19. The number of hydrogen-bond acceptors (Lipinski definition) is 4. The third-order valence-electron chi connectivity index (χ3n) is 2.72. The number of H-pyrrole nitrogens is 1. The Morgan fingerprint density at radius 1 is 1.14 bits per heavy atom. The maximum atomic E-state index is 10.6. The van der Waals surface area contributed by atoms with Crippen molar-refractivity contribution in [3.63, 3.8) is 0 Å². The molecular formula is C16H19N3O3. The lowest BCUT2D eigenvalue weighted by atomic mass is 10.2. The maximum Gasteiger partial charge on any atom is 0.269 e. The third-order valence-corrected chi connectivity index (χ3v) is 2.72. The van der Waals surface area contributed by atoms with Crippen molar-refractivity contribution in [3.8, 4) is 11.5 Å². The number of ether oxygens (including phenoxy) is 1. The third kappa shape index (κ3) is 3.60. The van der Waals surface area contributed by atoms with E-state index in [2.05, 4.69) is 10.2 Å². The first-order valence-corrected chi connectivity index (χ1v) is 6.58. The van der Waals surface area contributed by atoms with Crippen LogP contribution < -0.4 is 4.74 Å². The Hall–Kier alpha value is -2.89. The minimum Gasteiger partial charge on any atom is -0.457 e. The summed E-state index contributed by atoms with van der Waals surface area (Å²) < 4.78 is 5.70. The van der Waals surface area contributed by atoms with Crippen molar-refractivity contribution >= 4 is 16.6 Å². The summed E-state index contributed by atoms with van der Waals surface area (Å²) in [7, 11) is 0. The van der Waals surface area contributed by atoms with Crippen LogP contribution in [0.25, 0.3) is 10.9 Å². The number of hydrogen-bond donors (Lipinski definition) is 1. The van der Waals surface area contributed by atoms with Crippen LogP contribution in [0.15, 0.2) is 48.7 Å². The van der Waals surface area contributed by atoms with Crippen LogP contribution in [0.4, 0.5) is 5.69 Å². The molecule has 2 aromatic carbocycles. The molecule has 6 nitrogen and oxygen atoms in total. The Kier molecular flexibility index (Phi) is 6.07. The van der Waals surface area contributed by atoms with Crippen molar-refractivity contribution in [2.75, 3.05) is 0 Å². The first kappa shape index (κ1) is 17.2. The van der Waals surface area contributed by atoms with Crippen LogP contribution in [0, 0.1) is 10.1 Å². The average Bonchev–Trinajstić information content (AvgIpc) is 2.99. The van der Waals surface area contributed by atoms with E-state index in [0.717, 1.165) is 10.9 Å². The van der Waals surface area contributed by atoms with Gasteiger partial charge in [0, 0.05) is 12.1 Å². The van der Waals surface area contributed by atoms with E-state index in [4.69, 9.17) is 4.74 Å². The van der Waals surface area contributed by atoms with Crippen molar-refractivity contribution < 1.29 is 9.66 Å². The number of nitrogens with zero attached hydrogens (tertiary/aromatic N) is 2. The maximum absolute atomic E-state index is 10.6. The summed E-state index contributed by atoms with van der Waals surface area (Å²) in [4.78, 5) is 10.1. The molecule has 0 saturated heterocycles. The zero-order valence-corrected chi connectivity index (χ0v) is 11.7. The monoisotopic (exact) mass is 301 g/mol. The van der Waals surface area contributed by atoms with Gasteiger partial charge in [-0.2, -0.15) is 5.10 Å². The standard InChI is InChI=1S/C13H9N3O3.C2H6.CH4/c17-16(18)9-4-6-10(7-5-9)19-13-3-1-2-12-11(13)8-14-15-12;1-2;/h1-8H,(H,14,15);1-2H3;1H4. The minimum absolute atomic E-state index is 0. The van der Waals surface area contributed by atoms with Gasteiger partial charge in [-0.25, -0.2) is 0 Å². The number of fused-ring (bicyclic) bond motifs is 1. The Balaban J connectivity index is 0.000000775. The largest absolute Gasteiger partial charge is 0.457 e. The summed E-state index contributed by atoms with van der Waals surface area (Å²) in [5.41, 5.74) is 0.910. The molecule has 0 aliphatic rings. The summed E-state index contributed by atoms with van der Waals surface area (Å²) in [6.07, 6.45) is 1.68. The fraction of sp³-hybridized carbons (Fsp3) is 0.188. The van der Waals surface area contributed by atoms with Gasteiger partial charge in [-0.1, -0.05) is 27.3 Å². The van der Waals surface area contributed by atoms with E-state index in [-0.39, 0.29) is 13.1 Å². The molecule has 0 aliphatic carbocycles. The summed E-state index contributed by atoms with van der Waals surface area (Å²) in [6.45, 7) is 4.00. The van der Waals surface area contributed by atoms with Crippen LogP contribution in [0.2, 0.25) is 0 Å². The Morgan fingerprint density at radius 3 is 2.45 bits per heavy atom. The molecule has 0 atom stereocenters. The average molecular weight is 301 g/mol. The Morgan fingerprint density at radius 2 is 1.82 bits per heavy atom. The van der Waals surface area contributed by atoms with Gasteiger partial charge in [0.2, 0.25) is 0 Å². The molecule has 0 radical (unpaired) electrons. The lowest BCUT2D eigenvalue weighted by Gasteiger charge is -2.06. The number of aromatic amines is 1. The van der Waals surface area contributed by atoms with Crippen LogP contribution in [-0.2, 0) is 0 Å². The molecule has 0 saturated carbocycles. The first-order valence-electron chi connectivity index (χ1n) is 6.58. The molecule has 0 fully saturated rings. The summed E-state index contributed by atoms with van der Waals surface area (Å²) >= 11 is 0. The van der Waals surface area contributed by atoms with Gasteiger partial charge in [-0.05, 0) is 24.3 Å². The van der Waals surface area contributed by atoms with Gasteiger partial charge in [0.05, 0.1) is 22.0 Å². The molecule has 0 unspecified atom stereocenters. The molecule has 1 aromatic heterocycles. The number of nitro groups is 1. The van der Waals surface area contributed by atoms with E-state index in [1.165, 1.54) is 12.1 Å². The second kappa shape index (κ2) is 7.78. The van der Waals surface area contributed by atoms with Crippen LogP contribution in [-0.4, -0.2) is 15.1 Å². The quantitative estimate of drug-likeness (QED) is 0.549. The van der Waals surface area contributed by atoms with Gasteiger partial charge in [0.25, 0.3) is 5.69 Å². The fourth-order valence-corrected chi connectivity index (χ4v) is 1.79. The molecule has 116 valence electrons. The molecule has 0 spiro atoms. The van der Waals surface area contributed by atoms with Gasteiger partial charge in [0.1, 0.15) is 11.5 Å². The number of non-ortho nitro benzene ring substituents is 1. The highest BCUT2D eigenvalue weighted by atomic mass is 16.6. The van der Waals surface area contributed by atoms with E-state index < -0.39 is 4.92 Å². The molecule has 22 heavy (non-hydrogen) atoms. The minimum atomic E-state index is -0.444. The normalized spacial score (nSPS) is 9.36. The molecule has 3 rings (SSSR count). The molecule has 3 aromatic rings. The highest BCUT2D eigenvalue weighted by Crippen LogP contribution is 2.29. The highest BCUT2D eigenvalue weighted by Gasteiger charge is 2.07. The fourth-order valence-electron chi connectivity index (χ4n) is 1.79. The van der Waals surface area contributed by atoms with Gasteiger partial charge < -0.3 is 4.74 Å². The molecule has 6 heteroatoms. The van der Waals surface area contributed by atoms with Crippen molar-refractivity contribution in [1.82, 2.24) is 10.2 Å². The predicted molar refractivity (Wildman–Crippen MR) is 87.3 cm³/mol. The molecule has 0 bridgehead atoms. The van der Waals surface area contributed by atoms with Crippen LogP contribution in [0.3, 0.4) is 0 Å². The van der Waals surface area contributed by atoms with Crippen molar-refractivity contribution in [3.05, 3.63) is 58.8 Å². The van der Waals surface area contributed by atoms with Crippen molar-refractivity contribution in [2.45, 2.75) is 21.3 Å². The Labute approximate surface area is 128 Å². The SMILES string of the molecule is C.CC.O=[N+]([O-])c1ccc(Oc2cccc3[nH]ncc23)cc1. The zero-order chi connectivity index (χ0) is 15.2. The van der Waals surface area contributed by atoms with E-state index >= 15 is 0 Å². The smallest absolute Gasteiger partial charge is 0.269 e. The van der Waals surface area contributed by atoms with E-state index in [9.17, 15) is 10.1 Å². The van der Waals surface area contributed by atoms with Gasteiger partial charge in [-0.15, -0.1) is 0 Å². The summed E-state index contributed by atoms with van der Waals surface area (Å²) in [5, 5.41) is 18.2. The topological polar surface area (TPSA) is 81.0 Å². The second-order valence-electron chi connectivity index (χ2n) is 3.94. The van der Waals surface area contributed by atoms with Gasteiger partial charge >= 0.3 is 0 Å². The highest BCUT2D eigenvalue weighted by molar-refractivity contribution is 5.84. The number of benzene rings is 2. The molecule has 1 N–H and O–H groups in total. The second-order valence-corrected chi connectivity index (χ2v) is 3.94. The number of nitrogens with one attached hydrogen (secondary N) is 1. The van der Waals surface area contributed by atoms with Gasteiger partial charge in [0.15, 0.2) is 0 Å². The number of rotatable bonds is 3. The zero-order valence-electron chi connectivity index (χ0n) is 11.7. The van der Waals surface area contributed by atoms with Crippen molar-refractivity contribution in [2.24, 2.45) is 0 Å². The van der Waals surface area contributed by atoms with Crippen LogP contribution >= 0.6 is 0 Å². The molecule has 0 aliphatic heterocycles. The first-order chi connectivity index (χ1) is 10.2.